The van der Waals surface area contributed by atoms with Crippen LogP contribution in [0.15, 0.2) is 18.7 Å². The molecular formula is C13H23N5. The maximum Gasteiger partial charge on any atom is 0.0921 e. The first-order valence-corrected chi connectivity index (χ1v) is 6.06. The molecule has 0 saturated heterocycles. The van der Waals surface area contributed by atoms with Crippen LogP contribution in [0, 0.1) is 0 Å². The zero-order valence-electron chi connectivity index (χ0n) is 12.1. The molecule has 0 atom stereocenters. The van der Waals surface area contributed by atoms with E-state index >= 15 is 0 Å². The van der Waals surface area contributed by atoms with Crippen LogP contribution in [0.5, 0.6) is 0 Å². The van der Waals surface area contributed by atoms with E-state index in [0.717, 1.165) is 5.69 Å². The van der Waals surface area contributed by atoms with E-state index < -0.39 is 0 Å². The molecule has 0 aliphatic carbocycles. The molecule has 2 heterocycles. The Balaban J connectivity index is 0.000000180. The van der Waals surface area contributed by atoms with Crippen molar-refractivity contribution in [3.05, 3.63) is 30.1 Å². The molecule has 0 amide bonds. The van der Waals surface area contributed by atoms with Crippen molar-refractivity contribution in [1.29, 1.82) is 0 Å². The molecule has 100 valence electrons. The number of nitrogens with one attached hydrogen (secondary N) is 2. The van der Waals surface area contributed by atoms with E-state index in [4.69, 9.17) is 0 Å². The van der Waals surface area contributed by atoms with Crippen molar-refractivity contribution in [2.45, 2.75) is 52.4 Å². The first-order chi connectivity index (χ1) is 8.21. The van der Waals surface area contributed by atoms with Crippen LogP contribution in [0.4, 0.5) is 0 Å². The van der Waals surface area contributed by atoms with Gasteiger partial charge in [0.2, 0.25) is 0 Å². The predicted octanol–water partition coefficient (Wildman–Crippen LogP) is 2.81. The average molecular weight is 249 g/mol. The number of nitrogens with zero attached hydrogens (tertiary/aromatic N) is 3. The summed E-state index contributed by atoms with van der Waals surface area (Å²) in [5.74, 6) is 0. The van der Waals surface area contributed by atoms with Gasteiger partial charge in [-0.3, -0.25) is 0 Å². The van der Waals surface area contributed by atoms with E-state index in [2.05, 4.69) is 66.9 Å². The third kappa shape index (κ3) is 4.31. The smallest absolute Gasteiger partial charge is 0.0921 e. The summed E-state index contributed by atoms with van der Waals surface area (Å²) < 4.78 is 0. The summed E-state index contributed by atoms with van der Waals surface area (Å²) in [6, 6.07) is 0. The summed E-state index contributed by atoms with van der Waals surface area (Å²) in [5, 5.41) is 10.2. The van der Waals surface area contributed by atoms with Gasteiger partial charge in [-0.15, -0.1) is 0 Å². The van der Waals surface area contributed by atoms with Gasteiger partial charge in [-0.1, -0.05) is 41.5 Å². The molecule has 0 aromatic carbocycles. The fourth-order valence-electron chi connectivity index (χ4n) is 1.23. The van der Waals surface area contributed by atoms with Crippen molar-refractivity contribution >= 4 is 0 Å². The minimum atomic E-state index is 0.118. The molecule has 0 aliphatic rings. The summed E-state index contributed by atoms with van der Waals surface area (Å²) in [4.78, 5) is 7.00. The summed E-state index contributed by atoms with van der Waals surface area (Å²) in [7, 11) is 0. The molecule has 5 nitrogen and oxygen atoms in total. The van der Waals surface area contributed by atoms with Gasteiger partial charge in [0.1, 0.15) is 0 Å². The van der Waals surface area contributed by atoms with Crippen molar-refractivity contribution in [2.24, 2.45) is 0 Å². The van der Waals surface area contributed by atoms with E-state index in [1.165, 1.54) is 5.69 Å². The van der Waals surface area contributed by atoms with Gasteiger partial charge in [0.05, 0.1) is 18.2 Å². The third-order valence-electron chi connectivity index (χ3n) is 2.49. The van der Waals surface area contributed by atoms with E-state index in [1.54, 1.807) is 12.5 Å². The maximum absolute atomic E-state index is 3.95. The number of imidazole rings is 1. The molecular weight excluding hydrogens is 226 g/mol. The van der Waals surface area contributed by atoms with Gasteiger partial charge in [-0.2, -0.15) is 15.4 Å². The molecule has 0 aliphatic heterocycles. The van der Waals surface area contributed by atoms with Crippen LogP contribution >= 0.6 is 0 Å². The Morgan fingerprint density at radius 3 is 1.83 bits per heavy atom. The molecule has 0 fully saturated rings. The molecule has 18 heavy (non-hydrogen) atoms. The normalized spacial score (nSPS) is 11.9. The van der Waals surface area contributed by atoms with Crippen LogP contribution in [-0.4, -0.2) is 25.4 Å². The summed E-state index contributed by atoms with van der Waals surface area (Å²) >= 11 is 0. The number of hydrogen-bond donors (Lipinski definition) is 2. The van der Waals surface area contributed by atoms with Gasteiger partial charge in [0, 0.05) is 22.7 Å². The largest absolute Gasteiger partial charge is 0.348 e. The highest BCUT2D eigenvalue weighted by Gasteiger charge is 2.15. The lowest BCUT2D eigenvalue weighted by Gasteiger charge is -2.14. The first-order valence-electron chi connectivity index (χ1n) is 6.06. The Hall–Kier alpha value is -1.65. The summed E-state index contributed by atoms with van der Waals surface area (Å²) in [6.07, 6.45) is 5.32. The molecule has 0 saturated carbocycles. The zero-order chi connectivity index (χ0) is 13.8. The van der Waals surface area contributed by atoms with Crippen LogP contribution in [0.2, 0.25) is 0 Å². The Morgan fingerprint density at radius 1 is 0.944 bits per heavy atom. The first kappa shape index (κ1) is 14.4. The molecule has 0 unspecified atom stereocenters. The van der Waals surface area contributed by atoms with Crippen molar-refractivity contribution < 1.29 is 0 Å². The topological polar surface area (TPSA) is 70.2 Å². The Bertz CT molecular complexity index is 384. The van der Waals surface area contributed by atoms with Crippen LogP contribution in [0.1, 0.15) is 52.9 Å². The highest BCUT2D eigenvalue weighted by atomic mass is 15.3. The van der Waals surface area contributed by atoms with Gasteiger partial charge in [0.15, 0.2) is 0 Å². The van der Waals surface area contributed by atoms with E-state index in [9.17, 15) is 0 Å². The number of hydrogen-bond acceptors (Lipinski definition) is 3. The number of H-pyrrole nitrogens is 2. The second-order valence-electron chi connectivity index (χ2n) is 6.32. The SMILES string of the molecule is CC(C)(C)c1cn[nH]n1.CC(C)(C)c1cnc[nH]1. The molecule has 0 spiro atoms. The highest BCUT2D eigenvalue weighted by Crippen LogP contribution is 2.18. The van der Waals surface area contributed by atoms with E-state index in [1.807, 2.05) is 6.20 Å². The summed E-state index contributed by atoms with van der Waals surface area (Å²) in [6.45, 7) is 12.8. The van der Waals surface area contributed by atoms with E-state index in [-0.39, 0.29) is 10.8 Å². The minimum Gasteiger partial charge on any atom is -0.348 e. The number of aromatic nitrogens is 5. The second kappa shape index (κ2) is 5.33. The summed E-state index contributed by atoms with van der Waals surface area (Å²) in [5.41, 5.74) is 2.51. The fourth-order valence-corrected chi connectivity index (χ4v) is 1.23. The molecule has 5 heteroatoms. The minimum absolute atomic E-state index is 0.118. The standard InChI is InChI=1S/C7H12N2.C6H11N3/c1-7(2,3)6-4-8-5-9-6;1-6(2,3)5-4-7-9-8-5/h4-5H,1-3H3,(H,8,9);4H,1-3H3,(H,7,8,9). The van der Waals surface area contributed by atoms with E-state index in [0.29, 0.717) is 0 Å². The maximum atomic E-state index is 3.95. The molecule has 0 bridgehead atoms. The van der Waals surface area contributed by atoms with Crippen molar-refractivity contribution in [3.63, 3.8) is 0 Å². The van der Waals surface area contributed by atoms with Crippen molar-refractivity contribution in [1.82, 2.24) is 25.4 Å². The monoisotopic (exact) mass is 249 g/mol. The molecule has 2 N–H and O–H groups in total. The zero-order valence-corrected chi connectivity index (χ0v) is 12.1. The lowest BCUT2D eigenvalue weighted by molar-refractivity contribution is 0.566. The van der Waals surface area contributed by atoms with Gasteiger partial charge >= 0.3 is 0 Å². The second-order valence-corrected chi connectivity index (χ2v) is 6.32. The Morgan fingerprint density at radius 2 is 1.61 bits per heavy atom. The molecule has 2 aromatic rings. The average Bonchev–Trinajstić information content (AvgIpc) is 2.91. The van der Waals surface area contributed by atoms with Gasteiger partial charge in [0.25, 0.3) is 0 Å². The number of aromatic amines is 2. The Labute approximate surface area is 108 Å². The van der Waals surface area contributed by atoms with Gasteiger partial charge < -0.3 is 4.98 Å². The van der Waals surface area contributed by atoms with Crippen molar-refractivity contribution in [3.8, 4) is 0 Å². The third-order valence-corrected chi connectivity index (χ3v) is 2.49. The quantitative estimate of drug-likeness (QED) is 0.754. The van der Waals surface area contributed by atoms with Crippen molar-refractivity contribution in [2.75, 3.05) is 0 Å². The molecule has 0 radical (unpaired) electrons. The fraction of sp³-hybridized carbons (Fsp3) is 0.615. The van der Waals surface area contributed by atoms with Crippen LogP contribution < -0.4 is 0 Å². The molecule has 2 rings (SSSR count). The van der Waals surface area contributed by atoms with Crippen LogP contribution in [0.25, 0.3) is 0 Å². The lowest BCUT2D eigenvalue weighted by Crippen LogP contribution is -2.11. The Kier molecular flexibility index (Phi) is 4.27. The van der Waals surface area contributed by atoms with Crippen LogP contribution in [-0.2, 0) is 10.8 Å². The van der Waals surface area contributed by atoms with Crippen LogP contribution in [0.3, 0.4) is 0 Å². The highest BCUT2D eigenvalue weighted by molar-refractivity contribution is 5.07. The van der Waals surface area contributed by atoms with Gasteiger partial charge in [-0.05, 0) is 0 Å². The lowest BCUT2D eigenvalue weighted by atomic mass is 9.93. The van der Waals surface area contributed by atoms with Gasteiger partial charge in [-0.25, -0.2) is 4.98 Å². The molecule has 2 aromatic heterocycles. The predicted molar refractivity (Wildman–Crippen MR) is 72.4 cm³/mol. The number of rotatable bonds is 0.